The lowest BCUT2D eigenvalue weighted by atomic mass is 10.1. The summed E-state index contributed by atoms with van der Waals surface area (Å²) in [5, 5.41) is 2.96. The number of amides is 2. The van der Waals surface area contributed by atoms with Crippen LogP contribution in [0.3, 0.4) is 0 Å². The summed E-state index contributed by atoms with van der Waals surface area (Å²) < 4.78 is 7.30. The molecule has 1 N–H and O–H groups in total. The van der Waals surface area contributed by atoms with Crippen LogP contribution in [0.25, 0.3) is 5.65 Å². The molecule has 0 unspecified atom stereocenters. The molecule has 7 nitrogen and oxygen atoms in total. The van der Waals surface area contributed by atoms with Gasteiger partial charge in [-0.3, -0.25) is 9.20 Å². The Morgan fingerprint density at radius 1 is 1.31 bits per heavy atom. The molecule has 7 heteroatoms. The summed E-state index contributed by atoms with van der Waals surface area (Å²) in [4.78, 5) is 31.2. The van der Waals surface area contributed by atoms with Crippen molar-refractivity contribution in [2.45, 2.75) is 51.3 Å². The van der Waals surface area contributed by atoms with Gasteiger partial charge in [0.05, 0.1) is 12.2 Å². The lowest BCUT2D eigenvalue weighted by molar-refractivity contribution is 0.0183. The van der Waals surface area contributed by atoms with Gasteiger partial charge in [-0.15, -0.1) is 0 Å². The number of rotatable bonds is 3. The molecule has 2 amide bonds. The number of nitrogens with zero attached hydrogens (tertiary/aromatic N) is 3. The summed E-state index contributed by atoms with van der Waals surface area (Å²) >= 11 is 0. The monoisotopic (exact) mass is 356 g/mol. The fourth-order valence-corrected chi connectivity index (χ4v) is 3.74. The van der Waals surface area contributed by atoms with Gasteiger partial charge in [-0.05, 0) is 51.7 Å². The maximum atomic E-state index is 12.6. The lowest BCUT2D eigenvalue weighted by Gasteiger charge is -2.30. The predicted molar refractivity (Wildman–Crippen MR) is 95.9 cm³/mol. The van der Waals surface area contributed by atoms with Crippen LogP contribution in [0.2, 0.25) is 0 Å². The van der Waals surface area contributed by atoms with E-state index in [9.17, 15) is 9.59 Å². The average Bonchev–Trinajstić information content (AvgIpc) is 3.04. The fourth-order valence-electron chi connectivity index (χ4n) is 3.74. The van der Waals surface area contributed by atoms with Gasteiger partial charge in [0.15, 0.2) is 0 Å². The third kappa shape index (κ3) is 3.13. The molecular formula is C19H24N4O3. The molecule has 1 aliphatic heterocycles. The van der Waals surface area contributed by atoms with Gasteiger partial charge in [0.25, 0.3) is 5.91 Å². The van der Waals surface area contributed by atoms with Crippen LogP contribution < -0.4 is 5.32 Å². The molecule has 3 heterocycles. The number of fused-ring (bicyclic) bond motifs is 2. The number of piperidine rings is 1. The first-order valence-electron chi connectivity index (χ1n) is 9.05. The molecule has 138 valence electrons. The zero-order chi connectivity index (χ0) is 18.5. The molecule has 1 saturated carbocycles. The highest BCUT2D eigenvalue weighted by Gasteiger charge is 2.54. The first kappa shape index (κ1) is 16.9. The molecule has 2 fully saturated rings. The number of imidazole rings is 1. The van der Waals surface area contributed by atoms with E-state index in [1.54, 1.807) is 10.6 Å². The zero-order valence-corrected chi connectivity index (χ0v) is 15.3. The van der Waals surface area contributed by atoms with Crippen LogP contribution in [0.5, 0.6) is 0 Å². The van der Waals surface area contributed by atoms with Gasteiger partial charge < -0.3 is 15.0 Å². The first-order chi connectivity index (χ1) is 12.3. The molecule has 0 spiro atoms. The summed E-state index contributed by atoms with van der Waals surface area (Å²) in [6.07, 6.45) is 5.06. The summed E-state index contributed by atoms with van der Waals surface area (Å²) in [6.45, 7) is 6.03. The third-order valence-corrected chi connectivity index (χ3v) is 4.96. The van der Waals surface area contributed by atoms with Crippen LogP contribution in [-0.4, -0.2) is 50.5 Å². The van der Waals surface area contributed by atoms with Gasteiger partial charge in [-0.2, -0.15) is 0 Å². The fraction of sp³-hybridized carbons (Fsp3) is 0.526. The number of pyridine rings is 1. The Labute approximate surface area is 152 Å². The molecular weight excluding hydrogens is 332 g/mol. The molecule has 2 aliphatic rings. The van der Waals surface area contributed by atoms with Crippen molar-refractivity contribution >= 4 is 17.6 Å². The van der Waals surface area contributed by atoms with Gasteiger partial charge >= 0.3 is 6.09 Å². The molecule has 0 radical (unpaired) electrons. The largest absolute Gasteiger partial charge is 0.444 e. The van der Waals surface area contributed by atoms with E-state index in [4.69, 9.17) is 4.74 Å². The van der Waals surface area contributed by atoms with E-state index >= 15 is 0 Å². The maximum absolute atomic E-state index is 12.6. The normalized spacial score (nSPS) is 24.4. The van der Waals surface area contributed by atoms with Crippen LogP contribution in [-0.2, 0) is 4.74 Å². The summed E-state index contributed by atoms with van der Waals surface area (Å²) in [5.41, 5.74) is 0.705. The van der Waals surface area contributed by atoms with Crippen LogP contribution in [0.1, 0.15) is 44.1 Å². The number of carbonyl (C=O) groups excluding carboxylic acids is 2. The van der Waals surface area contributed by atoms with E-state index in [-0.39, 0.29) is 24.1 Å². The molecule has 26 heavy (non-hydrogen) atoms. The summed E-state index contributed by atoms with van der Waals surface area (Å²) in [6, 6.07) is 5.85. The Morgan fingerprint density at radius 2 is 2.12 bits per heavy atom. The Morgan fingerprint density at radius 3 is 2.88 bits per heavy atom. The number of ether oxygens (including phenoxy) is 1. The van der Waals surface area contributed by atoms with Gasteiger partial charge in [0.1, 0.15) is 16.9 Å². The topological polar surface area (TPSA) is 75.9 Å². The average molecular weight is 356 g/mol. The van der Waals surface area contributed by atoms with Crippen molar-refractivity contribution in [3.05, 3.63) is 36.3 Å². The standard InChI is InChI=1S/C19H24N4O3/c1-19(2,3)26-18(25)23-13(8-12-9-14(12)23)10-21-17(24)15-11-20-16-6-4-5-7-22(15)16/h4-7,11-14H,8-10H2,1-3H3,(H,21,24)/t12-,13+,14+/m1/s1. The Hall–Kier alpha value is -2.57. The van der Waals surface area contributed by atoms with E-state index in [0.717, 1.165) is 18.5 Å². The van der Waals surface area contributed by atoms with Crippen LogP contribution in [0, 0.1) is 5.92 Å². The highest BCUT2D eigenvalue weighted by atomic mass is 16.6. The van der Waals surface area contributed by atoms with Crippen molar-refractivity contribution < 1.29 is 14.3 Å². The number of nitrogens with one attached hydrogen (secondary N) is 1. The van der Waals surface area contributed by atoms with Crippen molar-refractivity contribution in [3.8, 4) is 0 Å². The highest BCUT2D eigenvalue weighted by Crippen LogP contribution is 2.48. The zero-order valence-electron chi connectivity index (χ0n) is 15.3. The van der Waals surface area contributed by atoms with E-state index in [2.05, 4.69) is 10.3 Å². The molecule has 3 atom stereocenters. The van der Waals surface area contributed by atoms with E-state index in [1.165, 1.54) is 0 Å². The second kappa shape index (κ2) is 6.00. The summed E-state index contributed by atoms with van der Waals surface area (Å²) in [5.74, 6) is 0.355. The van der Waals surface area contributed by atoms with Crippen molar-refractivity contribution in [3.63, 3.8) is 0 Å². The number of hydrogen-bond donors (Lipinski definition) is 1. The minimum Gasteiger partial charge on any atom is -0.444 e. The molecule has 1 aliphatic carbocycles. The first-order valence-corrected chi connectivity index (χ1v) is 9.05. The number of carbonyl (C=O) groups is 2. The van der Waals surface area contributed by atoms with Crippen LogP contribution in [0.15, 0.2) is 30.6 Å². The third-order valence-electron chi connectivity index (χ3n) is 4.96. The number of likely N-dealkylation sites (tertiary alicyclic amines) is 1. The number of aromatic nitrogens is 2. The number of hydrogen-bond acceptors (Lipinski definition) is 4. The molecule has 2 aromatic rings. The molecule has 0 bridgehead atoms. The van der Waals surface area contributed by atoms with Crippen LogP contribution in [0.4, 0.5) is 4.79 Å². The molecule has 0 aromatic carbocycles. The SMILES string of the molecule is CC(C)(C)OC(=O)N1[C@H](CNC(=O)c2cnc3ccccn23)C[C@@H]2C[C@@H]21. The predicted octanol–water partition coefficient (Wildman–Crippen LogP) is 2.46. The van der Waals surface area contributed by atoms with Gasteiger partial charge in [-0.25, -0.2) is 9.78 Å². The Kier molecular flexibility index (Phi) is 3.89. The van der Waals surface area contributed by atoms with Crippen LogP contribution >= 0.6 is 0 Å². The minimum atomic E-state index is -0.519. The minimum absolute atomic E-state index is 0.0169. The Bertz CT molecular complexity index is 854. The van der Waals surface area contributed by atoms with E-state index in [1.807, 2.05) is 50.1 Å². The van der Waals surface area contributed by atoms with Gasteiger partial charge in [-0.1, -0.05) is 6.07 Å². The van der Waals surface area contributed by atoms with Crippen molar-refractivity contribution in [2.24, 2.45) is 5.92 Å². The second-order valence-corrected chi connectivity index (χ2v) is 8.12. The Balaban J connectivity index is 1.42. The van der Waals surface area contributed by atoms with Crippen molar-refractivity contribution in [1.82, 2.24) is 19.6 Å². The van der Waals surface area contributed by atoms with E-state index < -0.39 is 5.60 Å². The molecule has 2 aromatic heterocycles. The summed E-state index contributed by atoms with van der Waals surface area (Å²) in [7, 11) is 0. The van der Waals surface area contributed by atoms with Gasteiger partial charge in [0.2, 0.25) is 0 Å². The quantitative estimate of drug-likeness (QED) is 0.917. The lowest BCUT2D eigenvalue weighted by Crippen LogP contribution is -2.47. The molecule has 1 saturated heterocycles. The maximum Gasteiger partial charge on any atom is 0.410 e. The van der Waals surface area contributed by atoms with Gasteiger partial charge in [0, 0.05) is 18.8 Å². The van der Waals surface area contributed by atoms with Crippen molar-refractivity contribution in [1.29, 1.82) is 0 Å². The highest BCUT2D eigenvalue weighted by molar-refractivity contribution is 5.93. The van der Waals surface area contributed by atoms with Crippen molar-refractivity contribution in [2.75, 3.05) is 6.54 Å². The van der Waals surface area contributed by atoms with E-state index in [0.29, 0.717) is 18.2 Å². The second-order valence-electron chi connectivity index (χ2n) is 8.12. The smallest absolute Gasteiger partial charge is 0.410 e. The molecule has 4 rings (SSSR count).